The first-order valence-corrected chi connectivity index (χ1v) is 8.51. The second-order valence-electron chi connectivity index (χ2n) is 6.04. The van der Waals surface area contributed by atoms with Crippen molar-refractivity contribution in [2.75, 3.05) is 30.0 Å². The number of carbonyl (C=O) groups is 1. The molecule has 0 saturated carbocycles. The first-order chi connectivity index (χ1) is 13.4. The van der Waals surface area contributed by atoms with Crippen molar-refractivity contribution in [3.8, 4) is 0 Å². The van der Waals surface area contributed by atoms with E-state index in [0.717, 1.165) is 0 Å². The van der Waals surface area contributed by atoms with Crippen molar-refractivity contribution in [3.05, 3.63) is 12.4 Å². The van der Waals surface area contributed by atoms with E-state index in [1.54, 1.807) is 0 Å². The third-order valence-corrected chi connectivity index (χ3v) is 4.15. The third-order valence-electron chi connectivity index (χ3n) is 4.15. The Morgan fingerprint density at radius 1 is 1.11 bits per heavy atom. The molecule has 9 N–H and O–H groups in total. The number of rotatable bonds is 7. The molecule has 3 heterocycles. The molecule has 1 atom stereocenters. The molecule has 0 bridgehead atoms. The summed E-state index contributed by atoms with van der Waals surface area (Å²) in [6, 6.07) is -0.616. The molecule has 150 valence electrons. The Labute approximate surface area is 159 Å². The number of nitrogen functional groups attached to an aromatic ring is 2. The zero-order chi connectivity index (χ0) is 20.3. The van der Waals surface area contributed by atoms with Gasteiger partial charge in [-0.15, -0.1) is 0 Å². The van der Waals surface area contributed by atoms with Crippen LogP contribution in [0.2, 0.25) is 0 Å². The Kier molecular flexibility index (Phi) is 5.56. The molecule has 1 aliphatic heterocycles. The number of nitrogens with zero attached hydrogens (tertiary/aromatic N) is 6. The number of nitrogens with one attached hydrogen (secondary N) is 1. The molecular weight excluding hydrogens is 368 g/mol. The normalized spacial score (nSPS) is 18.5. The number of carbonyl (C=O) groups excluding carboxylic acids is 1. The van der Waals surface area contributed by atoms with Crippen LogP contribution in [0.4, 0.5) is 23.0 Å². The summed E-state index contributed by atoms with van der Waals surface area (Å²) in [4.78, 5) is 20.5. The Morgan fingerprint density at radius 2 is 1.75 bits per heavy atom. The molecule has 1 aliphatic rings. The molecule has 0 spiro atoms. The summed E-state index contributed by atoms with van der Waals surface area (Å²) < 4.78 is 2.83. The highest BCUT2D eigenvalue weighted by Gasteiger charge is 2.29. The maximum atomic E-state index is 12.0. The molecule has 2 aromatic rings. The van der Waals surface area contributed by atoms with Crippen LogP contribution in [0.25, 0.3) is 0 Å². The van der Waals surface area contributed by atoms with Crippen LogP contribution >= 0.6 is 0 Å². The molecule has 1 unspecified atom stereocenters. The fourth-order valence-electron chi connectivity index (χ4n) is 2.70. The number of aliphatic hydroxyl groups is 2. The van der Waals surface area contributed by atoms with E-state index in [2.05, 4.69) is 25.5 Å². The van der Waals surface area contributed by atoms with E-state index in [0.29, 0.717) is 17.2 Å². The molecule has 28 heavy (non-hydrogen) atoms. The van der Waals surface area contributed by atoms with Crippen molar-refractivity contribution >= 4 is 40.5 Å². The average Bonchev–Trinajstić information content (AvgIpc) is 3.18. The van der Waals surface area contributed by atoms with Crippen LogP contribution in [0, 0.1) is 0 Å². The van der Waals surface area contributed by atoms with Crippen LogP contribution in [0.5, 0.6) is 0 Å². The van der Waals surface area contributed by atoms with Gasteiger partial charge in [0.05, 0.1) is 50.4 Å². The van der Waals surface area contributed by atoms with Gasteiger partial charge in [0.15, 0.2) is 17.5 Å². The van der Waals surface area contributed by atoms with Crippen molar-refractivity contribution in [2.24, 2.45) is 15.7 Å². The summed E-state index contributed by atoms with van der Waals surface area (Å²) in [5.41, 5.74) is 18.5. The van der Waals surface area contributed by atoms with Gasteiger partial charge < -0.3 is 32.7 Å². The van der Waals surface area contributed by atoms with Gasteiger partial charge in [0, 0.05) is 6.42 Å². The van der Waals surface area contributed by atoms with Crippen LogP contribution in [-0.2, 0) is 17.9 Å². The highest BCUT2D eigenvalue weighted by Crippen LogP contribution is 2.25. The lowest BCUT2D eigenvalue weighted by molar-refractivity contribution is -0.113. The van der Waals surface area contributed by atoms with E-state index in [1.165, 1.54) is 21.8 Å². The van der Waals surface area contributed by atoms with Crippen LogP contribution in [0.3, 0.4) is 0 Å². The fraction of sp³-hybridized carbons (Fsp3) is 0.400. The van der Waals surface area contributed by atoms with Crippen molar-refractivity contribution in [2.45, 2.75) is 25.6 Å². The van der Waals surface area contributed by atoms with Gasteiger partial charge in [0.25, 0.3) is 0 Å². The second kappa shape index (κ2) is 8.06. The molecule has 0 amide bonds. The summed E-state index contributed by atoms with van der Waals surface area (Å²) in [5.74, 6) is 0.311. The van der Waals surface area contributed by atoms with E-state index in [4.69, 9.17) is 27.4 Å². The number of amidine groups is 2. The molecular formula is C15H22N10O3. The van der Waals surface area contributed by atoms with Crippen molar-refractivity contribution in [1.82, 2.24) is 19.6 Å². The Hall–Kier alpha value is -3.45. The molecule has 0 aliphatic carbocycles. The predicted octanol–water partition coefficient (Wildman–Crippen LogP) is -1.93. The number of hydrogen-bond acceptors (Lipinski definition) is 10. The smallest absolute Gasteiger partial charge is 0.200 e. The van der Waals surface area contributed by atoms with Gasteiger partial charge in [0.2, 0.25) is 0 Å². The largest absolute Gasteiger partial charge is 0.394 e. The lowest BCUT2D eigenvalue weighted by atomic mass is 10.1. The molecule has 13 nitrogen and oxygen atoms in total. The van der Waals surface area contributed by atoms with Gasteiger partial charge in [-0.1, -0.05) is 0 Å². The summed E-state index contributed by atoms with van der Waals surface area (Å²) >= 11 is 0. The number of aromatic nitrogens is 4. The first kappa shape index (κ1) is 19.3. The lowest BCUT2D eigenvalue weighted by Crippen LogP contribution is -2.41. The number of anilines is 3. The lowest BCUT2D eigenvalue weighted by Gasteiger charge is -2.22. The number of ketones is 1. The second-order valence-corrected chi connectivity index (χ2v) is 6.04. The van der Waals surface area contributed by atoms with Crippen molar-refractivity contribution in [3.63, 3.8) is 0 Å². The minimum absolute atomic E-state index is 0.0173. The van der Waals surface area contributed by atoms with E-state index in [9.17, 15) is 4.79 Å². The van der Waals surface area contributed by atoms with Crippen LogP contribution < -0.4 is 22.5 Å². The Bertz CT molecular complexity index is 929. The minimum atomic E-state index is -0.616. The quantitative estimate of drug-likeness (QED) is 0.310. The predicted molar refractivity (Wildman–Crippen MR) is 103 cm³/mol. The SMILES string of the molecule is NC1=NC(=Nc2cnn(CCO)c2N)C(Nc2cnn(CCO)c2N)CC1=O. The highest BCUT2D eigenvalue weighted by atomic mass is 16.3. The monoisotopic (exact) mass is 390 g/mol. The summed E-state index contributed by atoms with van der Waals surface area (Å²) in [5, 5.41) is 29.3. The van der Waals surface area contributed by atoms with Crippen LogP contribution in [-0.4, -0.2) is 66.5 Å². The molecule has 3 rings (SSSR count). The minimum Gasteiger partial charge on any atom is -0.394 e. The summed E-state index contributed by atoms with van der Waals surface area (Å²) in [6.07, 6.45) is 2.94. The molecule has 13 heteroatoms. The van der Waals surface area contributed by atoms with Gasteiger partial charge in [-0.05, 0) is 0 Å². The Morgan fingerprint density at radius 3 is 2.43 bits per heavy atom. The van der Waals surface area contributed by atoms with E-state index < -0.39 is 6.04 Å². The average molecular weight is 390 g/mol. The maximum Gasteiger partial charge on any atom is 0.200 e. The fourth-order valence-corrected chi connectivity index (χ4v) is 2.70. The number of aliphatic imine (C=N–C) groups is 2. The standard InChI is InChI=1S/C15H22N10O3/c16-12-11(28)5-8(21-9-6-19-24(1-3-26)13(9)17)15(23-12)22-10-7-20-25(2-4-27)14(10)18/h6-8,21,26-27H,1-5,17-18H2,(H2,16,22,23). The van der Waals surface area contributed by atoms with Gasteiger partial charge in [-0.3, -0.25) is 4.79 Å². The van der Waals surface area contributed by atoms with Gasteiger partial charge >= 0.3 is 0 Å². The Balaban J connectivity index is 1.92. The van der Waals surface area contributed by atoms with Crippen LogP contribution in [0.1, 0.15) is 6.42 Å². The number of hydrogen-bond donors (Lipinski definition) is 6. The highest BCUT2D eigenvalue weighted by molar-refractivity contribution is 6.42. The number of Topliss-reactive ketones (excluding diaryl/α,β-unsaturated/α-hetero) is 1. The van der Waals surface area contributed by atoms with E-state index in [1.807, 2.05) is 0 Å². The third kappa shape index (κ3) is 3.79. The number of nitrogens with two attached hydrogens (primary N) is 3. The van der Waals surface area contributed by atoms with Crippen molar-refractivity contribution < 1.29 is 15.0 Å². The molecule has 0 fully saturated rings. The summed E-state index contributed by atoms with van der Waals surface area (Å²) in [6.45, 7) is 0.229. The van der Waals surface area contributed by atoms with Gasteiger partial charge in [0.1, 0.15) is 17.3 Å². The topological polar surface area (TPSA) is 208 Å². The zero-order valence-electron chi connectivity index (χ0n) is 15.0. The molecule has 0 radical (unpaired) electrons. The first-order valence-electron chi connectivity index (χ1n) is 8.51. The van der Waals surface area contributed by atoms with E-state index in [-0.39, 0.29) is 56.0 Å². The maximum absolute atomic E-state index is 12.0. The molecule has 0 saturated heterocycles. The number of aliphatic hydroxyl groups excluding tert-OH is 2. The van der Waals surface area contributed by atoms with Gasteiger partial charge in [-0.2, -0.15) is 10.2 Å². The van der Waals surface area contributed by atoms with Gasteiger partial charge in [-0.25, -0.2) is 19.3 Å². The van der Waals surface area contributed by atoms with Crippen molar-refractivity contribution in [1.29, 1.82) is 0 Å². The molecule has 2 aromatic heterocycles. The summed E-state index contributed by atoms with van der Waals surface area (Å²) in [7, 11) is 0. The van der Waals surface area contributed by atoms with Crippen LogP contribution in [0.15, 0.2) is 22.4 Å². The van der Waals surface area contributed by atoms with E-state index >= 15 is 0 Å². The zero-order valence-corrected chi connectivity index (χ0v) is 15.0. The molecule has 0 aromatic carbocycles.